The molecule has 2 aromatic rings. The number of amides is 1. The number of aliphatic carboxylic acids is 1. The number of aryl methyl sites for hydroxylation is 1. The molecule has 5 nitrogen and oxygen atoms in total. The average molecular weight is 366 g/mol. The number of benzene rings is 1. The average Bonchev–Trinajstić information content (AvgIpc) is 3.32. The minimum Gasteiger partial charge on any atom is -0.480 e. The molecule has 27 heavy (non-hydrogen) atoms. The first-order chi connectivity index (χ1) is 13.1. The molecule has 2 fully saturated rings. The van der Waals surface area contributed by atoms with Crippen LogP contribution in [0.1, 0.15) is 44.2 Å². The van der Waals surface area contributed by atoms with E-state index in [1.165, 1.54) is 0 Å². The van der Waals surface area contributed by atoms with Crippen LogP contribution in [-0.2, 0) is 16.0 Å². The van der Waals surface area contributed by atoms with Gasteiger partial charge >= 0.3 is 5.97 Å². The van der Waals surface area contributed by atoms with Crippen LogP contribution in [0.2, 0.25) is 0 Å². The van der Waals surface area contributed by atoms with Crippen LogP contribution in [0.5, 0.6) is 0 Å². The zero-order valence-corrected chi connectivity index (χ0v) is 15.4. The number of carbonyl (C=O) groups is 2. The van der Waals surface area contributed by atoms with Crippen molar-refractivity contribution >= 4 is 11.9 Å². The fraction of sp³-hybridized carbons (Fsp3) is 0.455. The summed E-state index contributed by atoms with van der Waals surface area (Å²) in [5.74, 6) is -0.518. The summed E-state index contributed by atoms with van der Waals surface area (Å²) in [6.45, 7) is 0. The number of carboxylic acid groups (broad SMARTS) is 1. The van der Waals surface area contributed by atoms with Crippen LogP contribution in [-0.4, -0.2) is 39.0 Å². The van der Waals surface area contributed by atoms with Crippen molar-refractivity contribution in [1.82, 2.24) is 9.88 Å². The molecule has 1 aliphatic heterocycles. The Kier molecular flexibility index (Phi) is 5.01. The third kappa shape index (κ3) is 3.64. The summed E-state index contributed by atoms with van der Waals surface area (Å²) in [4.78, 5) is 29.7. The molecule has 1 aromatic heterocycles. The van der Waals surface area contributed by atoms with Crippen molar-refractivity contribution < 1.29 is 14.7 Å². The Morgan fingerprint density at radius 1 is 1.07 bits per heavy atom. The van der Waals surface area contributed by atoms with Crippen LogP contribution in [0.3, 0.4) is 0 Å². The van der Waals surface area contributed by atoms with Crippen LogP contribution in [0.25, 0.3) is 11.3 Å². The quantitative estimate of drug-likeness (QED) is 0.844. The van der Waals surface area contributed by atoms with Crippen LogP contribution in [0.15, 0.2) is 42.5 Å². The Bertz CT molecular complexity index is 814. The molecule has 1 saturated carbocycles. The highest BCUT2D eigenvalue weighted by Gasteiger charge is 2.47. The number of hydrogen-bond acceptors (Lipinski definition) is 2. The molecule has 2 heterocycles. The molecule has 2 aliphatic rings. The van der Waals surface area contributed by atoms with Crippen molar-refractivity contribution in [2.75, 3.05) is 0 Å². The topological polar surface area (TPSA) is 73.4 Å². The van der Waals surface area contributed by atoms with Crippen molar-refractivity contribution in [3.63, 3.8) is 0 Å². The fourth-order valence-electron chi connectivity index (χ4n) is 4.78. The molecule has 5 heteroatoms. The van der Waals surface area contributed by atoms with Gasteiger partial charge in [-0.05, 0) is 49.3 Å². The standard InChI is InChI=1S/C22H26N2O3/c25-21(24-19-9-5-4-8-16(19)14-20(24)22(26)27)13-11-17-10-12-18(23-17)15-6-2-1-3-7-15/h1-3,6-7,10,12,16,19-20,23H,4-5,8-9,11,13-14H2,(H,26,27). The number of H-pyrrole nitrogens is 1. The molecule has 1 aliphatic carbocycles. The normalized spacial score (nSPS) is 24.6. The van der Waals surface area contributed by atoms with Gasteiger partial charge in [-0.15, -0.1) is 0 Å². The number of aromatic amines is 1. The van der Waals surface area contributed by atoms with Gasteiger partial charge in [-0.1, -0.05) is 43.2 Å². The van der Waals surface area contributed by atoms with Gasteiger partial charge in [0.25, 0.3) is 0 Å². The Balaban J connectivity index is 1.42. The number of aromatic nitrogens is 1. The van der Waals surface area contributed by atoms with Crippen molar-refractivity contribution in [2.45, 2.75) is 57.0 Å². The van der Waals surface area contributed by atoms with Gasteiger partial charge < -0.3 is 15.0 Å². The monoisotopic (exact) mass is 366 g/mol. The molecular weight excluding hydrogens is 340 g/mol. The highest BCUT2D eigenvalue weighted by Crippen LogP contribution is 2.40. The van der Waals surface area contributed by atoms with Crippen LogP contribution < -0.4 is 0 Å². The number of nitrogens with zero attached hydrogens (tertiary/aromatic N) is 1. The number of carboxylic acids is 1. The van der Waals surface area contributed by atoms with Gasteiger partial charge in [-0.25, -0.2) is 4.79 Å². The lowest BCUT2D eigenvalue weighted by Gasteiger charge is -2.33. The molecule has 3 unspecified atom stereocenters. The Morgan fingerprint density at radius 2 is 1.85 bits per heavy atom. The number of fused-ring (bicyclic) bond motifs is 1. The second kappa shape index (κ2) is 7.59. The van der Waals surface area contributed by atoms with E-state index in [4.69, 9.17) is 0 Å². The lowest BCUT2D eigenvalue weighted by Crippen LogP contribution is -2.46. The lowest BCUT2D eigenvalue weighted by atomic mass is 9.84. The third-order valence-corrected chi connectivity index (χ3v) is 6.10. The largest absolute Gasteiger partial charge is 0.480 e. The fourth-order valence-corrected chi connectivity index (χ4v) is 4.78. The van der Waals surface area contributed by atoms with Gasteiger partial charge in [0.15, 0.2) is 0 Å². The molecule has 3 atom stereocenters. The number of rotatable bonds is 5. The number of carbonyl (C=O) groups excluding carboxylic acids is 1. The Hall–Kier alpha value is -2.56. The predicted molar refractivity (Wildman–Crippen MR) is 103 cm³/mol. The summed E-state index contributed by atoms with van der Waals surface area (Å²) in [7, 11) is 0. The van der Waals surface area contributed by atoms with Gasteiger partial charge in [-0.3, -0.25) is 4.79 Å². The second-order valence-corrected chi connectivity index (χ2v) is 7.77. The van der Waals surface area contributed by atoms with Crippen LogP contribution >= 0.6 is 0 Å². The first-order valence-corrected chi connectivity index (χ1v) is 9.91. The molecule has 1 amide bonds. The molecule has 0 spiro atoms. The zero-order valence-electron chi connectivity index (χ0n) is 15.4. The van der Waals surface area contributed by atoms with E-state index in [0.717, 1.165) is 42.6 Å². The molecule has 2 N–H and O–H groups in total. The van der Waals surface area contributed by atoms with E-state index < -0.39 is 12.0 Å². The van der Waals surface area contributed by atoms with E-state index in [9.17, 15) is 14.7 Å². The minimum absolute atomic E-state index is 0.0207. The van der Waals surface area contributed by atoms with E-state index >= 15 is 0 Å². The Labute approximate surface area is 159 Å². The lowest BCUT2D eigenvalue weighted by molar-refractivity contribution is -0.149. The van der Waals surface area contributed by atoms with Crippen molar-refractivity contribution in [3.05, 3.63) is 48.2 Å². The van der Waals surface area contributed by atoms with Crippen molar-refractivity contribution in [1.29, 1.82) is 0 Å². The van der Waals surface area contributed by atoms with E-state index in [0.29, 0.717) is 25.2 Å². The molecule has 1 aromatic carbocycles. The molecule has 4 rings (SSSR count). The van der Waals surface area contributed by atoms with Crippen molar-refractivity contribution in [2.24, 2.45) is 5.92 Å². The number of likely N-dealkylation sites (tertiary alicyclic amines) is 1. The zero-order chi connectivity index (χ0) is 18.8. The Morgan fingerprint density at radius 3 is 2.63 bits per heavy atom. The van der Waals surface area contributed by atoms with Crippen LogP contribution in [0.4, 0.5) is 0 Å². The summed E-state index contributed by atoms with van der Waals surface area (Å²) in [5.41, 5.74) is 3.16. The summed E-state index contributed by atoms with van der Waals surface area (Å²) >= 11 is 0. The molecule has 1 saturated heterocycles. The van der Waals surface area contributed by atoms with Crippen LogP contribution in [0, 0.1) is 5.92 Å². The number of hydrogen-bond donors (Lipinski definition) is 2. The molecule has 0 radical (unpaired) electrons. The van der Waals surface area contributed by atoms with E-state index in [2.05, 4.69) is 4.98 Å². The SMILES string of the molecule is O=C(O)C1CC2CCCCC2N1C(=O)CCc1ccc(-c2ccccc2)[nH]1. The third-order valence-electron chi connectivity index (χ3n) is 6.10. The molecule has 142 valence electrons. The summed E-state index contributed by atoms with van der Waals surface area (Å²) in [5, 5.41) is 9.59. The van der Waals surface area contributed by atoms with E-state index in [-0.39, 0.29) is 11.9 Å². The second-order valence-electron chi connectivity index (χ2n) is 7.77. The van der Waals surface area contributed by atoms with Gasteiger partial charge in [0.1, 0.15) is 6.04 Å². The smallest absolute Gasteiger partial charge is 0.326 e. The van der Waals surface area contributed by atoms with Gasteiger partial charge in [0.2, 0.25) is 5.91 Å². The first kappa shape index (κ1) is 17.8. The molecular formula is C22H26N2O3. The number of nitrogens with one attached hydrogen (secondary N) is 1. The maximum Gasteiger partial charge on any atom is 0.326 e. The summed E-state index contributed by atoms with van der Waals surface area (Å²) < 4.78 is 0. The van der Waals surface area contributed by atoms with Gasteiger partial charge in [0, 0.05) is 23.9 Å². The van der Waals surface area contributed by atoms with E-state index in [1.807, 2.05) is 42.5 Å². The highest BCUT2D eigenvalue weighted by atomic mass is 16.4. The highest BCUT2D eigenvalue weighted by molar-refractivity contribution is 5.85. The van der Waals surface area contributed by atoms with E-state index in [1.54, 1.807) is 4.90 Å². The van der Waals surface area contributed by atoms with Gasteiger partial charge in [-0.2, -0.15) is 0 Å². The molecule has 0 bridgehead atoms. The summed E-state index contributed by atoms with van der Waals surface area (Å²) in [6.07, 6.45) is 5.81. The minimum atomic E-state index is -0.857. The maximum atomic E-state index is 12.9. The van der Waals surface area contributed by atoms with Crippen molar-refractivity contribution in [3.8, 4) is 11.3 Å². The predicted octanol–water partition coefficient (Wildman–Crippen LogP) is 3.86. The van der Waals surface area contributed by atoms with Gasteiger partial charge in [0.05, 0.1) is 0 Å². The maximum absolute atomic E-state index is 12.9. The first-order valence-electron chi connectivity index (χ1n) is 9.91. The summed E-state index contributed by atoms with van der Waals surface area (Å²) in [6, 6.07) is 13.6.